The first-order valence-electron chi connectivity index (χ1n) is 5.79. The van der Waals surface area contributed by atoms with E-state index in [1.165, 1.54) is 0 Å². The Morgan fingerprint density at radius 2 is 1.94 bits per heavy atom. The molecule has 4 nitrogen and oxygen atoms in total. The second-order valence-corrected chi connectivity index (χ2v) is 8.00. The van der Waals surface area contributed by atoms with E-state index in [2.05, 4.69) is 0 Å². The fraction of sp³-hybridized carbons (Fsp3) is 0.909. The number of alkyl halides is 3. The normalized spacial score (nSPS) is 33.7. The van der Waals surface area contributed by atoms with Gasteiger partial charge >= 0.3 is 5.97 Å². The molecule has 0 radical (unpaired) electrons. The Hall–Kier alpha value is 0.260. The highest BCUT2D eigenvalue weighted by atomic mass is 35.6. The summed E-state index contributed by atoms with van der Waals surface area (Å²) in [5.74, 6) is -0.341. The van der Waals surface area contributed by atoms with Crippen LogP contribution in [0.2, 0.25) is 0 Å². The van der Waals surface area contributed by atoms with Crippen molar-refractivity contribution in [1.29, 1.82) is 0 Å². The first-order chi connectivity index (χ1) is 8.08. The van der Waals surface area contributed by atoms with Gasteiger partial charge in [-0.25, -0.2) is 4.90 Å². The molecule has 0 aromatic rings. The molecule has 2 rings (SSSR count). The van der Waals surface area contributed by atoms with E-state index >= 15 is 0 Å². The first kappa shape index (κ1) is 14.7. The second-order valence-electron chi connectivity index (χ2n) is 5.63. The molecule has 0 aromatic carbocycles. The van der Waals surface area contributed by atoms with Gasteiger partial charge in [0.1, 0.15) is 6.04 Å². The zero-order valence-electron chi connectivity index (χ0n) is 10.5. The van der Waals surface area contributed by atoms with Crippen molar-refractivity contribution in [1.82, 2.24) is 4.90 Å². The Bertz CT molecular complexity index is 350. The van der Waals surface area contributed by atoms with Crippen LogP contribution in [-0.2, 0) is 14.3 Å². The number of carbonyl (C=O) groups excluding carboxylic acids is 1. The molecule has 7 heteroatoms. The van der Waals surface area contributed by atoms with E-state index in [-0.39, 0.29) is 23.7 Å². The molecule has 3 atom stereocenters. The van der Waals surface area contributed by atoms with Crippen LogP contribution in [0.5, 0.6) is 0 Å². The van der Waals surface area contributed by atoms with Gasteiger partial charge in [-0.15, -0.1) is 0 Å². The van der Waals surface area contributed by atoms with Crippen LogP contribution in [0.25, 0.3) is 0 Å². The molecule has 2 aliphatic rings. The van der Waals surface area contributed by atoms with Gasteiger partial charge in [-0.1, -0.05) is 34.8 Å². The van der Waals surface area contributed by atoms with Gasteiger partial charge in [-0.2, -0.15) is 0 Å². The van der Waals surface area contributed by atoms with Crippen LogP contribution in [-0.4, -0.2) is 45.2 Å². The fourth-order valence-electron chi connectivity index (χ4n) is 2.41. The monoisotopic (exact) mass is 315 g/mol. The molecule has 104 valence electrons. The lowest BCUT2D eigenvalue weighted by Crippen LogP contribution is -2.42. The Morgan fingerprint density at radius 1 is 1.33 bits per heavy atom. The van der Waals surface area contributed by atoms with E-state index in [1.54, 1.807) is 4.90 Å². The van der Waals surface area contributed by atoms with Gasteiger partial charge in [0.05, 0.1) is 11.7 Å². The number of fused-ring (bicyclic) bond motifs is 1. The maximum Gasteiger partial charge on any atom is 0.325 e. The minimum absolute atomic E-state index is 0.0438. The van der Waals surface area contributed by atoms with Gasteiger partial charge in [0.2, 0.25) is 10.0 Å². The summed E-state index contributed by atoms with van der Waals surface area (Å²) in [4.78, 5) is 13.5. The quantitative estimate of drug-likeness (QED) is 0.550. The summed E-state index contributed by atoms with van der Waals surface area (Å²) < 4.78 is 9.33. The van der Waals surface area contributed by atoms with Crippen LogP contribution >= 0.6 is 34.8 Å². The molecule has 0 aliphatic carbocycles. The van der Waals surface area contributed by atoms with Gasteiger partial charge in [0.15, 0.2) is 0 Å². The minimum Gasteiger partial charge on any atom is -0.440 e. The Morgan fingerprint density at radius 3 is 2.44 bits per heavy atom. The summed E-state index contributed by atoms with van der Waals surface area (Å²) in [7, 11) is 0. The van der Waals surface area contributed by atoms with Crippen LogP contribution in [0, 0.1) is 0 Å². The Kier molecular flexibility index (Phi) is 3.80. The van der Waals surface area contributed by atoms with Gasteiger partial charge in [-0.3, -0.25) is 4.79 Å². The standard InChI is InChI=1S/C11H16Cl3NO3/c1-10(2,3)18-6-4-7-8(16)17-9(11(12,13)14)15(7)5-6/h6-7,9H,4-5H2,1-3H3/t6-,7+,9-/m1/s1. The lowest BCUT2D eigenvalue weighted by Gasteiger charge is -2.28. The van der Waals surface area contributed by atoms with E-state index in [0.29, 0.717) is 13.0 Å². The third-order valence-electron chi connectivity index (χ3n) is 2.90. The predicted octanol–water partition coefficient (Wildman–Crippen LogP) is 2.50. The van der Waals surface area contributed by atoms with Crippen molar-refractivity contribution in [2.24, 2.45) is 0 Å². The molecule has 2 heterocycles. The molecular weight excluding hydrogens is 300 g/mol. The van der Waals surface area contributed by atoms with Gasteiger partial charge in [0.25, 0.3) is 0 Å². The highest BCUT2D eigenvalue weighted by Crippen LogP contribution is 2.42. The van der Waals surface area contributed by atoms with Gasteiger partial charge < -0.3 is 9.47 Å². The van der Waals surface area contributed by atoms with E-state index in [1.807, 2.05) is 20.8 Å². The predicted molar refractivity (Wildman–Crippen MR) is 69.9 cm³/mol. The van der Waals surface area contributed by atoms with Gasteiger partial charge in [-0.05, 0) is 20.8 Å². The maximum atomic E-state index is 11.7. The molecule has 2 fully saturated rings. The minimum atomic E-state index is -1.64. The number of carbonyl (C=O) groups is 1. The fourth-order valence-corrected chi connectivity index (χ4v) is 2.92. The molecule has 0 N–H and O–H groups in total. The summed E-state index contributed by atoms with van der Waals surface area (Å²) in [6.45, 7) is 6.45. The SMILES string of the molecule is CC(C)(C)O[C@@H]1C[C@H]2C(=O)O[C@H](C(Cl)(Cl)Cl)N2C1. The summed E-state index contributed by atoms with van der Waals surface area (Å²) in [5, 5.41) is 0. The molecular formula is C11H16Cl3NO3. The number of hydrogen-bond acceptors (Lipinski definition) is 4. The number of hydrogen-bond donors (Lipinski definition) is 0. The molecule has 0 amide bonds. The zero-order chi connectivity index (χ0) is 13.7. The van der Waals surface area contributed by atoms with E-state index < -0.39 is 10.0 Å². The van der Waals surface area contributed by atoms with E-state index in [0.717, 1.165) is 0 Å². The lowest BCUT2D eigenvalue weighted by atomic mass is 10.1. The van der Waals surface area contributed by atoms with Crippen molar-refractivity contribution in [2.75, 3.05) is 6.54 Å². The van der Waals surface area contributed by atoms with Crippen molar-refractivity contribution < 1.29 is 14.3 Å². The number of ether oxygens (including phenoxy) is 2. The number of esters is 1. The molecule has 0 saturated carbocycles. The zero-order valence-corrected chi connectivity index (χ0v) is 12.7. The third kappa shape index (κ3) is 3.05. The van der Waals surface area contributed by atoms with Crippen molar-refractivity contribution in [3.63, 3.8) is 0 Å². The number of nitrogens with zero attached hydrogens (tertiary/aromatic N) is 1. The van der Waals surface area contributed by atoms with Crippen LogP contribution in [0.4, 0.5) is 0 Å². The molecule has 18 heavy (non-hydrogen) atoms. The molecule has 0 unspecified atom stereocenters. The molecule has 0 aromatic heterocycles. The van der Waals surface area contributed by atoms with Crippen molar-refractivity contribution in [3.8, 4) is 0 Å². The van der Waals surface area contributed by atoms with Crippen molar-refractivity contribution >= 4 is 40.8 Å². The number of cyclic esters (lactones) is 1. The average molecular weight is 317 g/mol. The molecule has 0 spiro atoms. The molecule has 2 aliphatic heterocycles. The maximum absolute atomic E-state index is 11.7. The Balaban J connectivity index is 2.08. The molecule has 2 saturated heterocycles. The first-order valence-corrected chi connectivity index (χ1v) is 6.92. The third-order valence-corrected chi connectivity index (χ3v) is 3.46. The van der Waals surface area contributed by atoms with Crippen molar-refractivity contribution in [2.45, 2.75) is 55.0 Å². The number of rotatable bonds is 1. The Labute approximate surface area is 121 Å². The number of halogens is 3. The smallest absolute Gasteiger partial charge is 0.325 e. The summed E-state index contributed by atoms with van der Waals surface area (Å²) >= 11 is 17.5. The van der Waals surface area contributed by atoms with Crippen LogP contribution < -0.4 is 0 Å². The topological polar surface area (TPSA) is 38.8 Å². The largest absolute Gasteiger partial charge is 0.440 e. The van der Waals surface area contributed by atoms with E-state index in [4.69, 9.17) is 44.3 Å². The molecule has 0 bridgehead atoms. The van der Waals surface area contributed by atoms with Crippen molar-refractivity contribution in [3.05, 3.63) is 0 Å². The van der Waals surface area contributed by atoms with Crippen LogP contribution in [0.3, 0.4) is 0 Å². The van der Waals surface area contributed by atoms with Crippen LogP contribution in [0.15, 0.2) is 0 Å². The van der Waals surface area contributed by atoms with Crippen LogP contribution in [0.1, 0.15) is 27.2 Å². The van der Waals surface area contributed by atoms with E-state index in [9.17, 15) is 4.79 Å². The summed E-state index contributed by atoms with van der Waals surface area (Å²) in [6.07, 6.45) is -0.292. The second kappa shape index (κ2) is 4.67. The summed E-state index contributed by atoms with van der Waals surface area (Å²) in [6, 6.07) is -0.363. The average Bonchev–Trinajstić information content (AvgIpc) is 2.62. The van der Waals surface area contributed by atoms with Gasteiger partial charge in [0, 0.05) is 13.0 Å². The highest BCUT2D eigenvalue weighted by molar-refractivity contribution is 6.68. The lowest BCUT2D eigenvalue weighted by molar-refractivity contribution is -0.144. The summed E-state index contributed by atoms with van der Waals surface area (Å²) in [5.41, 5.74) is -0.260. The highest BCUT2D eigenvalue weighted by Gasteiger charge is 2.55.